The van der Waals surface area contributed by atoms with E-state index < -0.39 is 0 Å². The standard InChI is InChI=1S/C20H27N2O4/c1-5-22(10-7-15(3)21)9-6-11-24-20-18(26-16(4)23)14(2)13-17-8-12-25-19(17)20/h5,7-8,10,12,17,21H,6,9,11,13H2,1-4H3/q+1/b10-7-,21-15?,22-5?. The van der Waals surface area contributed by atoms with Gasteiger partial charge in [0.05, 0.1) is 12.9 Å². The van der Waals surface area contributed by atoms with E-state index in [9.17, 15) is 4.79 Å². The summed E-state index contributed by atoms with van der Waals surface area (Å²) in [6.07, 6.45) is 10.8. The van der Waals surface area contributed by atoms with Crippen LogP contribution in [0.1, 0.15) is 40.5 Å². The van der Waals surface area contributed by atoms with Gasteiger partial charge in [0, 0.05) is 38.0 Å². The second kappa shape index (κ2) is 9.17. The molecule has 0 spiro atoms. The van der Waals surface area contributed by atoms with Gasteiger partial charge in [-0.05, 0) is 31.9 Å². The van der Waals surface area contributed by atoms with Crippen LogP contribution in [-0.2, 0) is 19.0 Å². The molecule has 0 amide bonds. The van der Waals surface area contributed by atoms with Gasteiger partial charge in [-0.2, -0.15) is 0 Å². The van der Waals surface area contributed by atoms with Gasteiger partial charge in [0.15, 0.2) is 24.3 Å². The number of carbonyl (C=O) groups excluding carboxylic acids is 1. The number of nitrogens with zero attached hydrogens (tertiary/aromatic N) is 1. The van der Waals surface area contributed by atoms with E-state index in [1.165, 1.54) is 6.92 Å². The number of carbonyl (C=O) groups is 1. The van der Waals surface area contributed by atoms with Gasteiger partial charge in [-0.3, -0.25) is 4.79 Å². The van der Waals surface area contributed by atoms with Crippen molar-refractivity contribution in [3.05, 3.63) is 47.5 Å². The lowest BCUT2D eigenvalue weighted by atomic mass is 9.92. The maximum Gasteiger partial charge on any atom is 0.308 e. The number of hydrogen-bond donors (Lipinski definition) is 1. The van der Waals surface area contributed by atoms with Crippen molar-refractivity contribution in [1.29, 1.82) is 5.41 Å². The summed E-state index contributed by atoms with van der Waals surface area (Å²) in [6, 6.07) is 0. The summed E-state index contributed by atoms with van der Waals surface area (Å²) in [6.45, 7) is 8.25. The molecule has 140 valence electrons. The van der Waals surface area contributed by atoms with Crippen molar-refractivity contribution in [1.82, 2.24) is 0 Å². The molecular weight excluding hydrogens is 332 g/mol. The summed E-state index contributed by atoms with van der Waals surface area (Å²) < 4.78 is 19.0. The van der Waals surface area contributed by atoms with Gasteiger partial charge < -0.3 is 19.6 Å². The Morgan fingerprint density at radius 1 is 1.42 bits per heavy atom. The first-order valence-electron chi connectivity index (χ1n) is 8.79. The zero-order valence-electron chi connectivity index (χ0n) is 15.9. The van der Waals surface area contributed by atoms with E-state index in [1.807, 2.05) is 36.9 Å². The third kappa shape index (κ3) is 5.18. The zero-order valence-corrected chi connectivity index (χ0v) is 15.9. The van der Waals surface area contributed by atoms with Crippen LogP contribution < -0.4 is 0 Å². The van der Waals surface area contributed by atoms with Crippen LogP contribution in [0.5, 0.6) is 0 Å². The molecule has 0 saturated carbocycles. The first kappa shape index (κ1) is 19.7. The molecule has 6 nitrogen and oxygen atoms in total. The fourth-order valence-corrected chi connectivity index (χ4v) is 2.83. The normalized spacial score (nSPS) is 19.7. The van der Waals surface area contributed by atoms with E-state index >= 15 is 0 Å². The molecule has 1 aliphatic heterocycles. The van der Waals surface area contributed by atoms with Crippen molar-refractivity contribution in [2.45, 2.75) is 40.5 Å². The Bertz CT molecular complexity index is 726. The summed E-state index contributed by atoms with van der Waals surface area (Å²) in [5.41, 5.74) is 1.48. The van der Waals surface area contributed by atoms with Crippen molar-refractivity contribution >= 4 is 17.9 Å². The minimum Gasteiger partial charge on any atom is -0.486 e. The molecule has 0 saturated heterocycles. The largest absolute Gasteiger partial charge is 0.486 e. The van der Waals surface area contributed by atoms with Crippen LogP contribution in [0, 0.1) is 11.3 Å². The predicted octanol–water partition coefficient (Wildman–Crippen LogP) is 3.66. The highest BCUT2D eigenvalue weighted by Crippen LogP contribution is 2.40. The highest BCUT2D eigenvalue weighted by Gasteiger charge is 2.33. The predicted molar refractivity (Wildman–Crippen MR) is 99.8 cm³/mol. The number of rotatable bonds is 8. The van der Waals surface area contributed by atoms with Crippen LogP contribution in [-0.4, -0.2) is 35.6 Å². The molecule has 2 rings (SSSR count). The highest BCUT2D eigenvalue weighted by atomic mass is 16.6. The Morgan fingerprint density at radius 2 is 2.19 bits per heavy atom. The SMILES string of the molecule is CC=[N+](/C=C\C(C)=N)CCCOC1=C2OC=CC2CC(C)=C1OC(C)=O. The van der Waals surface area contributed by atoms with E-state index in [0.29, 0.717) is 29.6 Å². The monoisotopic (exact) mass is 359 g/mol. The number of allylic oxidation sites excluding steroid dienone is 3. The zero-order chi connectivity index (χ0) is 19.1. The van der Waals surface area contributed by atoms with Gasteiger partial charge >= 0.3 is 5.97 Å². The summed E-state index contributed by atoms with van der Waals surface area (Å²) in [4.78, 5) is 11.5. The van der Waals surface area contributed by atoms with E-state index in [2.05, 4.69) is 0 Å². The number of nitrogens with one attached hydrogen (secondary N) is 1. The topological polar surface area (TPSA) is 71.6 Å². The van der Waals surface area contributed by atoms with Gasteiger partial charge in [-0.1, -0.05) is 0 Å². The lowest BCUT2D eigenvalue weighted by Crippen LogP contribution is -2.18. The van der Waals surface area contributed by atoms with Gasteiger partial charge in [-0.15, -0.1) is 0 Å². The second-order valence-electron chi connectivity index (χ2n) is 6.35. The molecule has 1 unspecified atom stereocenters. The second-order valence-corrected chi connectivity index (χ2v) is 6.35. The number of ether oxygens (including phenoxy) is 3. The lowest BCUT2D eigenvalue weighted by Gasteiger charge is -2.24. The van der Waals surface area contributed by atoms with Crippen LogP contribution in [0.25, 0.3) is 0 Å². The quantitative estimate of drug-likeness (QED) is 0.311. The third-order valence-electron chi connectivity index (χ3n) is 4.09. The van der Waals surface area contributed by atoms with Gasteiger partial charge in [-0.25, -0.2) is 4.58 Å². The molecule has 1 atom stereocenters. The molecule has 6 heteroatoms. The molecule has 2 aliphatic rings. The maximum atomic E-state index is 11.5. The van der Waals surface area contributed by atoms with Crippen LogP contribution in [0.3, 0.4) is 0 Å². The Hall–Kier alpha value is -2.63. The molecule has 0 fully saturated rings. The Morgan fingerprint density at radius 3 is 2.85 bits per heavy atom. The average molecular weight is 359 g/mol. The van der Waals surface area contributed by atoms with Gasteiger partial charge in [0.2, 0.25) is 5.76 Å². The number of fused-ring (bicyclic) bond motifs is 1. The molecule has 26 heavy (non-hydrogen) atoms. The van der Waals surface area contributed by atoms with Crippen molar-refractivity contribution in [2.24, 2.45) is 5.92 Å². The minimum absolute atomic E-state index is 0.142. The molecule has 0 radical (unpaired) electrons. The fraction of sp³-hybridized carbons (Fsp3) is 0.450. The van der Waals surface area contributed by atoms with Crippen molar-refractivity contribution in [3.63, 3.8) is 0 Å². The summed E-state index contributed by atoms with van der Waals surface area (Å²) in [5, 5.41) is 7.45. The Balaban J connectivity index is 2.01. The summed E-state index contributed by atoms with van der Waals surface area (Å²) in [7, 11) is 0. The summed E-state index contributed by atoms with van der Waals surface area (Å²) >= 11 is 0. The van der Waals surface area contributed by atoms with E-state index in [-0.39, 0.29) is 11.9 Å². The molecule has 1 aliphatic carbocycles. The molecular formula is C20H27N2O4+. The first-order chi connectivity index (χ1) is 12.4. The molecule has 1 N–H and O–H groups in total. The molecule has 1 heterocycles. The maximum absolute atomic E-state index is 11.5. The average Bonchev–Trinajstić information content (AvgIpc) is 3.03. The summed E-state index contributed by atoms with van der Waals surface area (Å²) in [5.74, 6) is 1.49. The molecule has 0 bridgehead atoms. The van der Waals surface area contributed by atoms with Crippen LogP contribution >= 0.6 is 0 Å². The smallest absolute Gasteiger partial charge is 0.308 e. The van der Waals surface area contributed by atoms with Gasteiger partial charge in [0.1, 0.15) is 6.21 Å². The Labute approximate surface area is 154 Å². The Kier molecular flexibility index (Phi) is 6.95. The molecule has 0 aromatic heterocycles. The number of esters is 1. The third-order valence-corrected chi connectivity index (χ3v) is 4.09. The molecule has 0 aromatic rings. The lowest BCUT2D eigenvalue weighted by molar-refractivity contribution is -0.453. The minimum atomic E-state index is -0.371. The van der Waals surface area contributed by atoms with Crippen LogP contribution in [0.15, 0.2) is 47.5 Å². The van der Waals surface area contributed by atoms with Crippen LogP contribution in [0.2, 0.25) is 0 Å². The van der Waals surface area contributed by atoms with Crippen molar-refractivity contribution in [2.75, 3.05) is 13.2 Å². The highest BCUT2D eigenvalue weighted by molar-refractivity contribution is 5.89. The van der Waals surface area contributed by atoms with Gasteiger partial charge in [0.25, 0.3) is 0 Å². The number of hydrogen-bond acceptors (Lipinski definition) is 5. The van der Waals surface area contributed by atoms with Crippen molar-refractivity contribution < 1.29 is 23.6 Å². The fourth-order valence-electron chi connectivity index (χ4n) is 2.83. The van der Waals surface area contributed by atoms with Crippen LogP contribution in [0.4, 0.5) is 0 Å². The van der Waals surface area contributed by atoms with E-state index in [4.69, 9.17) is 19.6 Å². The van der Waals surface area contributed by atoms with E-state index in [1.54, 1.807) is 19.3 Å². The van der Waals surface area contributed by atoms with Crippen molar-refractivity contribution in [3.8, 4) is 0 Å². The molecule has 0 aromatic carbocycles. The first-order valence-corrected chi connectivity index (χ1v) is 8.79. The van der Waals surface area contributed by atoms with E-state index in [0.717, 1.165) is 25.0 Å².